The number of nitrogens with zero attached hydrogens (tertiary/aromatic N) is 5. The predicted molar refractivity (Wildman–Crippen MR) is 123 cm³/mol. The van der Waals surface area contributed by atoms with Crippen LogP contribution in [0.4, 0.5) is 0 Å². The highest BCUT2D eigenvalue weighted by Crippen LogP contribution is 2.19. The Kier molecular flexibility index (Phi) is 8.78. The normalized spacial score (nSPS) is 21.7. The van der Waals surface area contributed by atoms with E-state index in [2.05, 4.69) is 60.4 Å². The van der Waals surface area contributed by atoms with Crippen LogP contribution in [0.1, 0.15) is 43.5 Å². The molecule has 0 bridgehead atoms. The van der Waals surface area contributed by atoms with E-state index in [1.807, 2.05) is 16.5 Å². The largest absolute Gasteiger partial charge is 0.394 e. The Balaban J connectivity index is 1.77. The number of hydrogen-bond donors (Lipinski definition) is 1. The van der Waals surface area contributed by atoms with Crippen LogP contribution in [0.2, 0.25) is 0 Å². The van der Waals surface area contributed by atoms with Crippen LogP contribution in [0.15, 0.2) is 30.5 Å². The summed E-state index contributed by atoms with van der Waals surface area (Å²) in [6.45, 7) is 9.24. The fourth-order valence-electron chi connectivity index (χ4n) is 4.24. The number of likely N-dealkylation sites (N-methyl/N-ethyl adjacent to an activating group) is 1. The maximum atomic E-state index is 12.9. The first-order valence-electron chi connectivity index (χ1n) is 11.5. The van der Waals surface area contributed by atoms with Gasteiger partial charge in [-0.05, 0) is 32.9 Å². The molecular formula is C24H37N5O3. The van der Waals surface area contributed by atoms with Crippen molar-refractivity contribution in [2.24, 2.45) is 5.92 Å². The molecule has 3 rings (SSSR count). The van der Waals surface area contributed by atoms with Gasteiger partial charge in [0.05, 0.1) is 37.3 Å². The van der Waals surface area contributed by atoms with Crippen molar-refractivity contribution in [3.8, 4) is 0 Å². The van der Waals surface area contributed by atoms with Crippen LogP contribution < -0.4 is 0 Å². The van der Waals surface area contributed by atoms with Crippen molar-refractivity contribution in [1.82, 2.24) is 24.8 Å². The first-order chi connectivity index (χ1) is 15.4. The molecular weight excluding hydrogens is 406 g/mol. The maximum Gasteiger partial charge on any atom is 0.222 e. The highest BCUT2D eigenvalue weighted by molar-refractivity contribution is 5.76. The highest BCUT2D eigenvalue weighted by atomic mass is 16.5. The number of fused-ring (bicyclic) bond motifs is 1. The molecule has 32 heavy (non-hydrogen) atoms. The van der Waals surface area contributed by atoms with Crippen molar-refractivity contribution in [2.75, 3.05) is 26.7 Å². The van der Waals surface area contributed by atoms with Crippen molar-refractivity contribution in [1.29, 1.82) is 0 Å². The minimum atomic E-state index is -0.222. The number of aliphatic hydroxyl groups excluding tert-OH is 1. The minimum Gasteiger partial charge on any atom is -0.394 e. The lowest BCUT2D eigenvalue weighted by molar-refractivity contribution is -0.136. The second-order valence-electron chi connectivity index (χ2n) is 9.14. The smallest absolute Gasteiger partial charge is 0.222 e. The lowest BCUT2D eigenvalue weighted by Crippen LogP contribution is -2.47. The number of carbonyl (C=O) groups excluding carboxylic acids is 1. The van der Waals surface area contributed by atoms with Gasteiger partial charge >= 0.3 is 0 Å². The van der Waals surface area contributed by atoms with Gasteiger partial charge < -0.3 is 14.7 Å². The average molecular weight is 444 g/mol. The zero-order valence-electron chi connectivity index (χ0n) is 19.8. The van der Waals surface area contributed by atoms with Crippen LogP contribution in [0, 0.1) is 12.8 Å². The third-order valence-corrected chi connectivity index (χ3v) is 6.17. The van der Waals surface area contributed by atoms with E-state index in [4.69, 9.17) is 4.74 Å². The summed E-state index contributed by atoms with van der Waals surface area (Å²) >= 11 is 0. The van der Waals surface area contributed by atoms with Crippen LogP contribution in [0.5, 0.6) is 0 Å². The summed E-state index contributed by atoms with van der Waals surface area (Å²) in [6.07, 6.45) is 2.76. The standard InChI is InChI=1S/C24H37N5O3/c1-18-7-5-8-21(11-18)14-27(4)15-23-19(2)13-28(20(3)16-30)24(31)9-6-10-29-22(17-32-23)12-25-26-29/h5,7-8,11-12,19-20,23,30H,6,9-10,13-17H2,1-4H3/t19-,20+,23-/m0/s1. The molecule has 0 unspecified atom stereocenters. The number of benzene rings is 1. The van der Waals surface area contributed by atoms with E-state index < -0.39 is 0 Å². The topological polar surface area (TPSA) is 83.7 Å². The maximum absolute atomic E-state index is 12.9. The molecule has 3 atom stereocenters. The van der Waals surface area contributed by atoms with E-state index in [-0.39, 0.29) is 30.6 Å². The summed E-state index contributed by atoms with van der Waals surface area (Å²) in [6, 6.07) is 8.31. The van der Waals surface area contributed by atoms with Crippen LogP contribution in [0.3, 0.4) is 0 Å². The monoisotopic (exact) mass is 443 g/mol. The van der Waals surface area contributed by atoms with Crippen molar-refractivity contribution in [3.05, 3.63) is 47.3 Å². The average Bonchev–Trinajstić information content (AvgIpc) is 3.20. The minimum absolute atomic E-state index is 0.0511. The Labute approximate surface area is 191 Å². The van der Waals surface area contributed by atoms with Gasteiger partial charge in [-0.15, -0.1) is 5.10 Å². The fraction of sp³-hybridized carbons (Fsp3) is 0.625. The molecule has 2 aromatic rings. The molecule has 1 aromatic heterocycles. The summed E-state index contributed by atoms with van der Waals surface area (Å²) in [4.78, 5) is 17.0. The Morgan fingerprint density at radius 2 is 2.19 bits per heavy atom. The third kappa shape index (κ3) is 6.60. The first-order valence-corrected chi connectivity index (χ1v) is 11.5. The molecule has 1 aliphatic heterocycles. The first kappa shape index (κ1) is 24.4. The molecule has 1 N–H and O–H groups in total. The van der Waals surface area contributed by atoms with Gasteiger partial charge in [0, 0.05) is 38.5 Å². The number of aryl methyl sites for hydroxylation is 2. The van der Waals surface area contributed by atoms with E-state index in [9.17, 15) is 9.90 Å². The molecule has 1 aliphatic rings. The Morgan fingerprint density at radius 1 is 1.38 bits per heavy atom. The second-order valence-corrected chi connectivity index (χ2v) is 9.14. The van der Waals surface area contributed by atoms with E-state index in [0.717, 1.165) is 18.8 Å². The molecule has 1 amide bonds. The van der Waals surface area contributed by atoms with Gasteiger partial charge in [0.15, 0.2) is 0 Å². The molecule has 176 valence electrons. The van der Waals surface area contributed by atoms with Gasteiger partial charge in [0.2, 0.25) is 5.91 Å². The van der Waals surface area contributed by atoms with E-state index in [0.29, 0.717) is 32.5 Å². The molecule has 8 heteroatoms. The number of carbonyl (C=O) groups is 1. The van der Waals surface area contributed by atoms with Gasteiger partial charge in [-0.25, -0.2) is 4.68 Å². The Bertz CT molecular complexity index is 871. The number of amides is 1. The second kappa shape index (κ2) is 11.5. The summed E-state index contributed by atoms with van der Waals surface area (Å²) in [5.74, 6) is 0.157. The zero-order valence-corrected chi connectivity index (χ0v) is 19.8. The molecule has 1 aromatic carbocycles. The van der Waals surface area contributed by atoms with Crippen LogP contribution >= 0.6 is 0 Å². The number of ether oxygens (including phenoxy) is 1. The van der Waals surface area contributed by atoms with Crippen molar-refractivity contribution >= 4 is 5.91 Å². The SMILES string of the molecule is Cc1cccc(CN(C)C[C@@H]2OCc3cnnn3CCCC(=O)N([C@H](C)CO)C[C@@H]2C)c1. The molecule has 0 fully saturated rings. The van der Waals surface area contributed by atoms with Crippen LogP contribution in [-0.2, 0) is 29.2 Å². The van der Waals surface area contributed by atoms with Crippen molar-refractivity contribution in [2.45, 2.75) is 65.5 Å². The lowest BCUT2D eigenvalue weighted by Gasteiger charge is -2.35. The van der Waals surface area contributed by atoms with Crippen LogP contribution in [-0.4, -0.2) is 74.7 Å². The summed E-state index contributed by atoms with van der Waals surface area (Å²) in [5, 5.41) is 17.9. The molecule has 0 radical (unpaired) electrons. The number of aliphatic hydroxyl groups is 1. The Hall–Kier alpha value is -2.29. The van der Waals surface area contributed by atoms with Gasteiger partial charge in [0.25, 0.3) is 0 Å². The summed E-state index contributed by atoms with van der Waals surface area (Å²) in [5.41, 5.74) is 3.44. The third-order valence-electron chi connectivity index (χ3n) is 6.17. The molecule has 0 saturated heterocycles. The number of aromatic nitrogens is 3. The quantitative estimate of drug-likeness (QED) is 0.737. The Morgan fingerprint density at radius 3 is 2.94 bits per heavy atom. The molecule has 0 spiro atoms. The van der Waals surface area contributed by atoms with E-state index in [1.54, 1.807) is 6.20 Å². The lowest BCUT2D eigenvalue weighted by atomic mass is 10.0. The molecule has 8 nitrogen and oxygen atoms in total. The van der Waals surface area contributed by atoms with Crippen molar-refractivity contribution in [3.63, 3.8) is 0 Å². The van der Waals surface area contributed by atoms with Crippen LogP contribution in [0.25, 0.3) is 0 Å². The molecule has 0 aliphatic carbocycles. The number of rotatable bonds is 6. The zero-order chi connectivity index (χ0) is 23.1. The molecule has 2 heterocycles. The van der Waals surface area contributed by atoms with Gasteiger partial charge in [0.1, 0.15) is 0 Å². The summed E-state index contributed by atoms with van der Waals surface area (Å²) < 4.78 is 8.22. The van der Waals surface area contributed by atoms with Gasteiger partial charge in [-0.2, -0.15) is 0 Å². The van der Waals surface area contributed by atoms with Gasteiger partial charge in [-0.3, -0.25) is 9.69 Å². The van der Waals surface area contributed by atoms with Crippen molar-refractivity contribution < 1.29 is 14.6 Å². The van der Waals surface area contributed by atoms with Gasteiger partial charge in [-0.1, -0.05) is 42.0 Å². The highest BCUT2D eigenvalue weighted by Gasteiger charge is 2.28. The molecule has 0 saturated carbocycles. The van der Waals surface area contributed by atoms with E-state index in [1.165, 1.54) is 11.1 Å². The van der Waals surface area contributed by atoms with E-state index >= 15 is 0 Å². The fourth-order valence-corrected chi connectivity index (χ4v) is 4.24. The summed E-state index contributed by atoms with van der Waals surface area (Å²) in [7, 11) is 2.10. The number of hydrogen-bond acceptors (Lipinski definition) is 6. The predicted octanol–water partition coefficient (Wildman–Crippen LogP) is 2.24.